The van der Waals surface area contributed by atoms with Crippen LogP contribution in [0.25, 0.3) is 0 Å². The Bertz CT molecular complexity index is 383. The van der Waals surface area contributed by atoms with Gasteiger partial charge in [-0.25, -0.2) is 4.98 Å². The maximum absolute atomic E-state index is 13.4. The minimum atomic E-state index is -0.478. The third-order valence-corrected chi connectivity index (χ3v) is 2.54. The second kappa shape index (κ2) is 4.00. The first kappa shape index (κ1) is 11.3. The highest BCUT2D eigenvalue weighted by atomic mass is 19.1. The molecule has 0 unspecified atom stereocenters. The van der Waals surface area contributed by atoms with Gasteiger partial charge in [-0.2, -0.15) is 9.37 Å². The lowest BCUT2D eigenvalue weighted by Gasteiger charge is -2.17. The van der Waals surface area contributed by atoms with E-state index in [0.717, 1.165) is 0 Å². The summed E-state index contributed by atoms with van der Waals surface area (Å²) in [7, 11) is 0. The zero-order valence-electron chi connectivity index (χ0n) is 9.96. The molecule has 16 heavy (non-hydrogen) atoms. The van der Waals surface area contributed by atoms with Crippen LogP contribution in [-0.4, -0.2) is 16.6 Å². The minimum absolute atomic E-state index is 0.0897. The molecule has 88 valence electrons. The molecule has 1 fully saturated rings. The summed E-state index contributed by atoms with van der Waals surface area (Å²) in [5.74, 6) is 0.813. The zero-order chi connectivity index (χ0) is 11.8. The lowest BCUT2D eigenvalue weighted by Crippen LogP contribution is -2.17. The predicted molar refractivity (Wildman–Crippen MR) is 58.9 cm³/mol. The van der Waals surface area contributed by atoms with Gasteiger partial charge < -0.3 is 4.74 Å². The second-order valence-corrected chi connectivity index (χ2v) is 5.35. The van der Waals surface area contributed by atoms with Crippen molar-refractivity contribution in [1.82, 2.24) is 9.97 Å². The van der Waals surface area contributed by atoms with Gasteiger partial charge >= 0.3 is 0 Å². The van der Waals surface area contributed by atoms with E-state index in [9.17, 15) is 4.39 Å². The Morgan fingerprint density at radius 2 is 2.12 bits per heavy atom. The molecule has 0 bridgehead atoms. The maximum Gasteiger partial charge on any atom is 0.253 e. The third kappa shape index (κ3) is 2.68. The van der Waals surface area contributed by atoms with E-state index in [4.69, 9.17) is 4.74 Å². The van der Waals surface area contributed by atoms with Crippen LogP contribution in [0.4, 0.5) is 4.39 Å². The fourth-order valence-electron chi connectivity index (χ4n) is 1.30. The van der Waals surface area contributed by atoms with Crippen LogP contribution in [0, 0.1) is 11.7 Å². The number of rotatable bonds is 3. The second-order valence-electron chi connectivity index (χ2n) is 5.35. The summed E-state index contributed by atoms with van der Waals surface area (Å²) < 4.78 is 18.7. The van der Waals surface area contributed by atoms with E-state index in [1.54, 1.807) is 0 Å². The van der Waals surface area contributed by atoms with Crippen LogP contribution >= 0.6 is 0 Å². The summed E-state index contributed by atoms with van der Waals surface area (Å²) in [4.78, 5) is 8.12. The average Bonchev–Trinajstić information content (AvgIpc) is 2.98. The summed E-state index contributed by atoms with van der Waals surface area (Å²) in [5.41, 5.74) is -0.189. The largest absolute Gasteiger partial charge is 0.475 e. The van der Waals surface area contributed by atoms with Crippen molar-refractivity contribution < 1.29 is 9.13 Å². The molecule has 0 saturated heterocycles. The van der Waals surface area contributed by atoms with Crippen molar-refractivity contribution in [1.29, 1.82) is 0 Å². The Morgan fingerprint density at radius 1 is 1.44 bits per heavy atom. The van der Waals surface area contributed by atoms with Gasteiger partial charge in [-0.05, 0) is 18.8 Å². The van der Waals surface area contributed by atoms with Crippen molar-refractivity contribution in [3.05, 3.63) is 17.8 Å². The number of halogens is 1. The summed E-state index contributed by atoms with van der Waals surface area (Å²) in [6, 6.07) is 0. The maximum atomic E-state index is 13.4. The molecule has 0 amide bonds. The van der Waals surface area contributed by atoms with E-state index < -0.39 is 5.82 Å². The standard InChI is InChI=1S/C12H17FN2O/c1-12(2,3)11-14-6-9(13)10(15-11)16-7-8-4-5-8/h6,8H,4-5,7H2,1-3H3. The molecule has 2 rings (SSSR count). The van der Waals surface area contributed by atoms with E-state index in [0.29, 0.717) is 18.3 Å². The molecule has 3 nitrogen and oxygen atoms in total. The Morgan fingerprint density at radius 3 is 2.69 bits per heavy atom. The molecule has 0 N–H and O–H groups in total. The van der Waals surface area contributed by atoms with Gasteiger partial charge in [0.25, 0.3) is 5.88 Å². The molecule has 0 atom stereocenters. The van der Waals surface area contributed by atoms with Crippen LogP contribution in [0.1, 0.15) is 39.4 Å². The lowest BCUT2D eigenvalue weighted by molar-refractivity contribution is 0.269. The molecule has 4 heteroatoms. The van der Waals surface area contributed by atoms with Crippen molar-refractivity contribution in [3.8, 4) is 5.88 Å². The summed E-state index contributed by atoms with van der Waals surface area (Å²) in [6.45, 7) is 6.54. The van der Waals surface area contributed by atoms with Crippen molar-refractivity contribution in [2.45, 2.75) is 39.0 Å². The summed E-state index contributed by atoms with van der Waals surface area (Å²) in [5, 5.41) is 0. The molecule has 1 aromatic rings. The number of hydrogen-bond donors (Lipinski definition) is 0. The van der Waals surface area contributed by atoms with E-state index in [1.807, 2.05) is 20.8 Å². The fourth-order valence-corrected chi connectivity index (χ4v) is 1.30. The SMILES string of the molecule is CC(C)(C)c1ncc(F)c(OCC2CC2)n1. The Labute approximate surface area is 95.1 Å². The highest BCUT2D eigenvalue weighted by molar-refractivity contribution is 5.15. The van der Waals surface area contributed by atoms with Gasteiger partial charge in [-0.1, -0.05) is 20.8 Å². The smallest absolute Gasteiger partial charge is 0.253 e. The quantitative estimate of drug-likeness (QED) is 0.791. The molecule has 0 aromatic carbocycles. The van der Waals surface area contributed by atoms with Gasteiger partial charge in [0.05, 0.1) is 12.8 Å². The van der Waals surface area contributed by atoms with E-state index in [-0.39, 0.29) is 11.3 Å². The Hall–Kier alpha value is -1.19. The van der Waals surface area contributed by atoms with Gasteiger partial charge in [0.2, 0.25) is 5.82 Å². The molecule has 1 aliphatic carbocycles. The van der Waals surface area contributed by atoms with Crippen LogP contribution in [0.15, 0.2) is 6.20 Å². The monoisotopic (exact) mass is 224 g/mol. The molecule has 1 aliphatic rings. The van der Waals surface area contributed by atoms with Crippen LogP contribution in [0.5, 0.6) is 5.88 Å². The minimum Gasteiger partial charge on any atom is -0.475 e. The van der Waals surface area contributed by atoms with E-state index in [2.05, 4.69) is 9.97 Å². The predicted octanol–water partition coefficient (Wildman–Crippen LogP) is 2.70. The van der Waals surface area contributed by atoms with Gasteiger partial charge in [0.15, 0.2) is 0 Å². The molecule has 1 saturated carbocycles. The molecule has 0 spiro atoms. The van der Waals surface area contributed by atoms with Crippen LogP contribution < -0.4 is 4.74 Å². The van der Waals surface area contributed by atoms with Crippen LogP contribution in [-0.2, 0) is 5.41 Å². The van der Waals surface area contributed by atoms with Crippen LogP contribution in [0.3, 0.4) is 0 Å². The molecule has 1 heterocycles. The normalized spacial score (nSPS) is 16.2. The zero-order valence-corrected chi connectivity index (χ0v) is 9.96. The summed E-state index contributed by atoms with van der Waals surface area (Å²) in [6.07, 6.45) is 3.55. The Balaban J connectivity index is 2.14. The van der Waals surface area contributed by atoms with E-state index in [1.165, 1.54) is 19.0 Å². The van der Waals surface area contributed by atoms with Crippen molar-refractivity contribution in [2.24, 2.45) is 5.92 Å². The molecular formula is C12H17FN2O. The highest BCUT2D eigenvalue weighted by Crippen LogP contribution is 2.30. The van der Waals surface area contributed by atoms with Crippen molar-refractivity contribution in [3.63, 3.8) is 0 Å². The first-order valence-electron chi connectivity index (χ1n) is 5.62. The van der Waals surface area contributed by atoms with Crippen LogP contribution in [0.2, 0.25) is 0 Å². The van der Waals surface area contributed by atoms with E-state index >= 15 is 0 Å². The molecule has 0 aliphatic heterocycles. The first-order chi connectivity index (χ1) is 7.47. The lowest BCUT2D eigenvalue weighted by atomic mass is 9.96. The third-order valence-electron chi connectivity index (χ3n) is 2.54. The number of hydrogen-bond acceptors (Lipinski definition) is 3. The van der Waals surface area contributed by atoms with Gasteiger partial charge in [0.1, 0.15) is 5.82 Å². The first-order valence-corrected chi connectivity index (χ1v) is 5.62. The van der Waals surface area contributed by atoms with Gasteiger partial charge in [0, 0.05) is 5.41 Å². The summed E-state index contributed by atoms with van der Waals surface area (Å²) >= 11 is 0. The average molecular weight is 224 g/mol. The molecule has 1 aromatic heterocycles. The van der Waals surface area contributed by atoms with Gasteiger partial charge in [-0.3, -0.25) is 0 Å². The van der Waals surface area contributed by atoms with Crippen molar-refractivity contribution >= 4 is 0 Å². The number of nitrogens with zero attached hydrogens (tertiary/aromatic N) is 2. The molecule has 0 radical (unpaired) electrons. The number of ether oxygens (including phenoxy) is 1. The van der Waals surface area contributed by atoms with Gasteiger partial charge in [-0.15, -0.1) is 0 Å². The Kier molecular flexibility index (Phi) is 2.82. The van der Waals surface area contributed by atoms with Crippen molar-refractivity contribution in [2.75, 3.05) is 6.61 Å². The topological polar surface area (TPSA) is 35.0 Å². The molecular weight excluding hydrogens is 207 g/mol. The fraction of sp³-hybridized carbons (Fsp3) is 0.667. The highest BCUT2D eigenvalue weighted by Gasteiger charge is 2.24. The number of aromatic nitrogens is 2.